The van der Waals surface area contributed by atoms with Gasteiger partial charge in [0.15, 0.2) is 5.75 Å². The van der Waals surface area contributed by atoms with Crippen molar-refractivity contribution >= 4 is 10.9 Å². The molecule has 3 nitrogen and oxygen atoms in total. The fraction of sp³-hybridized carbons (Fsp3) is 0.471. The fourth-order valence-corrected chi connectivity index (χ4v) is 2.53. The smallest absolute Gasteiger partial charge is 0.231 e. The van der Waals surface area contributed by atoms with E-state index in [1.54, 1.807) is 6.07 Å². The highest BCUT2D eigenvalue weighted by Crippen LogP contribution is 2.19. The Morgan fingerprint density at radius 3 is 2.65 bits per heavy atom. The Morgan fingerprint density at radius 2 is 1.90 bits per heavy atom. The number of nitrogens with one attached hydrogen (secondary N) is 1. The predicted octanol–water partition coefficient (Wildman–Crippen LogP) is 4.06. The molecule has 0 amide bonds. The van der Waals surface area contributed by atoms with Gasteiger partial charge in [-0.25, -0.2) is 0 Å². The summed E-state index contributed by atoms with van der Waals surface area (Å²) >= 11 is 0. The molecule has 1 aromatic carbocycles. The number of hydrogen-bond acceptors (Lipinski definition) is 2. The van der Waals surface area contributed by atoms with Crippen molar-refractivity contribution in [1.82, 2.24) is 4.98 Å². The predicted molar refractivity (Wildman–Crippen MR) is 83.4 cm³/mol. The van der Waals surface area contributed by atoms with Gasteiger partial charge in [0.2, 0.25) is 5.43 Å². The van der Waals surface area contributed by atoms with E-state index < -0.39 is 0 Å². The Labute approximate surface area is 119 Å². The van der Waals surface area contributed by atoms with Gasteiger partial charge >= 0.3 is 0 Å². The number of fused-ring (bicyclic) bond motifs is 1. The quantitative estimate of drug-likeness (QED) is 0.780. The van der Waals surface area contributed by atoms with E-state index >= 15 is 0 Å². The Balaban J connectivity index is 2.21. The van der Waals surface area contributed by atoms with Gasteiger partial charge in [-0.2, -0.15) is 0 Å². The molecule has 0 unspecified atom stereocenters. The van der Waals surface area contributed by atoms with Crippen LogP contribution in [0.2, 0.25) is 0 Å². The molecule has 0 aliphatic carbocycles. The van der Waals surface area contributed by atoms with E-state index in [-0.39, 0.29) is 11.2 Å². The van der Waals surface area contributed by atoms with Gasteiger partial charge in [0.1, 0.15) is 0 Å². The average molecular weight is 273 g/mol. The lowest BCUT2D eigenvalue weighted by molar-refractivity contribution is 0.458. The van der Waals surface area contributed by atoms with Crippen molar-refractivity contribution in [3.8, 4) is 5.75 Å². The second-order valence-electron chi connectivity index (χ2n) is 5.49. The number of benzene rings is 1. The van der Waals surface area contributed by atoms with E-state index in [0.717, 1.165) is 30.3 Å². The van der Waals surface area contributed by atoms with Gasteiger partial charge in [-0.05, 0) is 37.5 Å². The molecule has 0 atom stereocenters. The minimum Gasteiger partial charge on any atom is -0.503 e. The summed E-state index contributed by atoms with van der Waals surface area (Å²) < 4.78 is 0. The maximum absolute atomic E-state index is 12.1. The molecule has 20 heavy (non-hydrogen) atoms. The summed E-state index contributed by atoms with van der Waals surface area (Å²) in [7, 11) is 0. The van der Waals surface area contributed by atoms with Crippen LogP contribution in [0.25, 0.3) is 10.9 Å². The molecule has 0 fully saturated rings. The van der Waals surface area contributed by atoms with Crippen LogP contribution in [0.3, 0.4) is 0 Å². The third-order valence-corrected chi connectivity index (χ3v) is 3.74. The number of aromatic hydroxyl groups is 1. The van der Waals surface area contributed by atoms with Gasteiger partial charge in [-0.15, -0.1) is 0 Å². The normalized spacial score (nSPS) is 11.1. The van der Waals surface area contributed by atoms with Crippen LogP contribution in [0.5, 0.6) is 5.75 Å². The summed E-state index contributed by atoms with van der Waals surface area (Å²) in [6.07, 6.45) is 6.56. The summed E-state index contributed by atoms with van der Waals surface area (Å²) in [4.78, 5) is 15.3. The van der Waals surface area contributed by atoms with E-state index in [1.807, 2.05) is 19.1 Å². The van der Waals surface area contributed by atoms with Crippen molar-refractivity contribution in [3.05, 3.63) is 39.7 Å². The highest BCUT2D eigenvalue weighted by atomic mass is 16.3. The SMILES string of the molecule is CCCCCCCc1[nH]c2cc(C)ccc2c(=O)c1O. The van der Waals surface area contributed by atoms with Gasteiger partial charge in [0.05, 0.1) is 5.69 Å². The Hall–Kier alpha value is -1.77. The number of unbranched alkanes of at least 4 members (excludes halogenated alkanes) is 4. The maximum Gasteiger partial charge on any atom is 0.231 e. The van der Waals surface area contributed by atoms with Crippen LogP contribution in [0.1, 0.15) is 50.3 Å². The molecule has 2 aromatic rings. The number of aromatic nitrogens is 1. The van der Waals surface area contributed by atoms with Crippen molar-refractivity contribution in [2.75, 3.05) is 0 Å². The Morgan fingerprint density at radius 1 is 1.15 bits per heavy atom. The topological polar surface area (TPSA) is 53.1 Å². The molecule has 0 spiro atoms. The van der Waals surface area contributed by atoms with Gasteiger partial charge < -0.3 is 10.1 Å². The lowest BCUT2D eigenvalue weighted by Crippen LogP contribution is -2.07. The fourth-order valence-electron chi connectivity index (χ4n) is 2.53. The van der Waals surface area contributed by atoms with E-state index in [0.29, 0.717) is 11.1 Å². The van der Waals surface area contributed by atoms with Gasteiger partial charge in [0, 0.05) is 10.9 Å². The molecule has 3 heteroatoms. The Kier molecular flexibility index (Phi) is 4.83. The number of aryl methyl sites for hydroxylation is 2. The third-order valence-electron chi connectivity index (χ3n) is 3.74. The van der Waals surface area contributed by atoms with Crippen LogP contribution in [-0.4, -0.2) is 10.1 Å². The summed E-state index contributed by atoms with van der Waals surface area (Å²) in [6, 6.07) is 5.62. The zero-order valence-electron chi connectivity index (χ0n) is 12.3. The molecule has 0 saturated heterocycles. The standard InChI is InChI=1S/C17H23NO2/c1-3-4-5-6-7-8-14-17(20)16(19)13-10-9-12(2)11-15(13)18-14/h9-11,20H,3-8H2,1-2H3,(H,18,19). The number of hydrogen-bond donors (Lipinski definition) is 2. The summed E-state index contributed by atoms with van der Waals surface area (Å²) in [6.45, 7) is 4.18. The van der Waals surface area contributed by atoms with Gasteiger partial charge in [0.25, 0.3) is 0 Å². The molecule has 1 aromatic heterocycles. The minimum atomic E-state index is -0.262. The first-order valence-electron chi connectivity index (χ1n) is 7.48. The van der Waals surface area contributed by atoms with Crippen LogP contribution < -0.4 is 5.43 Å². The maximum atomic E-state index is 12.1. The molecule has 0 bridgehead atoms. The van der Waals surface area contributed by atoms with Crippen LogP contribution in [0.15, 0.2) is 23.0 Å². The minimum absolute atomic E-state index is 0.114. The van der Waals surface area contributed by atoms with Gasteiger partial charge in [-0.3, -0.25) is 4.79 Å². The van der Waals surface area contributed by atoms with Crippen LogP contribution in [-0.2, 0) is 6.42 Å². The van der Waals surface area contributed by atoms with E-state index in [9.17, 15) is 9.90 Å². The van der Waals surface area contributed by atoms with Crippen molar-refractivity contribution in [3.63, 3.8) is 0 Å². The zero-order chi connectivity index (χ0) is 14.5. The number of aromatic amines is 1. The second kappa shape index (κ2) is 6.60. The average Bonchev–Trinajstić information content (AvgIpc) is 2.43. The van der Waals surface area contributed by atoms with Crippen LogP contribution in [0.4, 0.5) is 0 Å². The van der Waals surface area contributed by atoms with Crippen molar-refractivity contribution in [2.24, 2.45) is 0 Å². The summed E-state index contributed by atoms with van der Waals surface area (Å²) in [5, 5.41) is 10.6. The second-order valence-corrected chi connectivity index (χ2v) is 5.49. The summed E-state index contributed by atoms with van der Waals surface area (Å²) in [5.41, 5.74) is 2.33. The lowest BCUT2D eigenvalue weighted by Gasteiger charge is -2.08. The molecule has 0 saturated carbocycles. The Bertz CT molecular complexity index is 643. The molecule has 2 N–H and O–H groups in total. The van der Waals surface area contributed by atoms with Gasteiger partial charge in [-0.1, -0.05) is 38.7 Å². The highest BCUT2D eigenvalue weighted by molar-refractivity contribution is 5.80. The molecule has 108 valence electrons. The van der Waals surface area contributed by atoms with Crippen LogP contribution >= 0.6 is 0 Å². The van der Waals surface area contributed by atoms with E-state index in [4.69, 9.17) is 0 Å². The zero-order valence-corrected chi connectivity index (χ0v) is 12.3. The number of H-pyrrole nitrogens is 1. The number of rotatable bonds is 6. The first-order chi connectivity index (χ1) is 9.63. The van der Waals surface area contributed by atoms with E-state index in [2.05, 4.69) is 11.9 Å². The summed E-state index contributed by atoms with van der Waals surface area (Å²) in [5.74, 6) is -0.114. The van der Waals surface area contributed by atoms with Crippen LogP contribution in [0, 0.1) is 6.92 Å². The van der Waals surface area contributed by atoms with Crippen molar-refractivity contribution < 1.29 is 5.11 Å². The van der Waals surface area contributed by atoms with Crippen molar-refractivity contribution in [1.29, 1.82) is 0 Å². The lowest BCUT2D eigenvalue weighted by atomic mass is 10.1. The molecule has 1 heterocycles. The molecule has 0 radical (unpaired) electrons. The number of pyridine rings is 1. The van der Waals surface area contributed by atoms with Crippen molar-refractivity contribution in [2.45, 2.75) is 52.4 Å². The molecule has 2 rings (SSSR count). The first-order valence-corrected chi connectivity index (χ1v) is 7.48. The molecule has 0 aliphatic rings. The third kappa shape index (κ3) is 3.21. The molecular weight excluding hydrogens is 250 g/mol. The van der Waals surface area contributed by atoms with E-state index in [1.165, 1.54) is 19.3 Å². The molecular formula is C17H23NO2. The molecule has 0 aliphatic heterocycles. The highest BCUT2D eigenvalue weighted by Gasteiger charge is 2.10. The monoisotopic (exact) mass is 273 g/mol. The first kappa shape index (κ1) is 14.6. The largest absolute Gasteiger partial charge is 0.503 e.